The van der Waals surface area contributed by atoms with Crippen molar-refractivity contribution in [1.29, 1.82) is 0 Å². The maximum absolute atomic E-state index is 13.1. The predicted octanol–water partition coefficient (Wildman–Crippen LogP) is 4.33. The van der Waals surface area contributed by atoms with Gasteiger partial charge in [-0.05, 0) is 54.4 Å². The number of rotatable bonds is 4. The lowest BCUT2D eigenvalue weighted by molar-refractivity contribution is -0.116. The van der Waals surface area contributed by atoms with Gasteiger partial charge in [0.15, 0.2) is 0 Å². The lowest BCUT2D eigenvalue weighted by Crippen LogP contribution is -2.48. The van der Waals surface area contributed by atoms with Crippen LogP contribution in [0.5, 0.6) is 11.5 Å². The first-order valence-electron chi connectivity index (χ1n) is 11.0. The van der Waals surface area contributed by atoms with E-state index in [1.165, 1.54) is 5.56 Å². The number of piperazine rings is 1. The predicted molar refractivity (Wildman–Crippen MR) is 124 cm³/mol. The van der Waals surface area contributed by atoms with Crippen molar-refractivity contribution in [2.45, 2.75) is 12.8 Å². The van der Waals surface area contributed by atoms with Crippen molar-refractivity contribution in [3.63, 3.8) is 0 Å². The summed E-state index contributed by atoms with van der Waals surface area (Å²) in [6.07, 6.45) is 1.33. The van der Waals surface area contributed by atoms with Crippen LogP contribution >= 0.6 is 0 Å². The van der Waals surface area contributed by atoms with Crippen LogP contribution in [0.15, 0.2) is 72.8 Å². The van der Waals surface area contributed by atoms with Crippen LogP contribution in [0.25, 0.3) is 0 Å². The summed E-state index contributed by atoms with van der Waals surface area (Å²) in [6.45, 7) is 2.79. The molecule has 6 heteroatoms. The van der Waals surface area contributed by atoms with Gasteiger partial charge in [0.1, 0.15) is 11.5 Å². The molecule has 0 unspecified atom stereocenters. The number of carbonyl (C=O) groups excluding carboxylic acids is 2. The number of para-hydroxylation sites is 1. The number of benzene rings is 3. The summed E-state index contributed by atoms with van der Waals surface area (Å²) in [5.41, 5.74) is 3.80. The maximum Gasteiger partial charge on any atom is 0.254 e. The van der Waals surface area contributed by atoms with E-state index in [-0.39, 0.29) is 11.8 Å². The number of hydrogen-bond donors (Lipinski definition) is 1. The Labute approximate surface area is 187 Å². The van der Waals surface area contributed by atoms with E-state index in [1.54, 1.807) is 6.07 Å². The zero-order valence-corrected chi connectivity index (χ0v) is 17.8. The van der Waals surface area contributed by atoms with E-state index in [4.69, 9.17) is 4.74 Å². The summed E-state index contributed by atoms with van der Waals surface area (Å²) < 4.78 is 5.88. The topological polar surface area (TPSA) is 61.9 Å². The number of amides is 2. The van der Waals surface area contributed by atoms with E-state index < -0.39 is 0 Å². The Bertz CT molecular complexity index is 1140. The van der Waals surface area contributed by atoms with Crippen molar-refractivity contribution in [2.75, 3.05) is 36.4 Å². The van der Waals surface area contributed by atoms with Gasteiger partial charge < -0.3 is 19.9 Å². The summed E-state index contributed by atoms with van der Waals surface area (Å²) in [6, 6.07) is 23.1. The first-order chi connectivity index (χ1) is 15.7. The van der Waals surface area contributed by atoms with Gasteiger partial charge in [-0.15, -0.1) is 0 Å². The smallest absolute Gasteiger partial charge is 0.254 e. The molecule has 2 heterocycles. The molecule has 0 radical (unpaired) electrons. The average Bonchev–Trinajstić information content (AvgIpc) is 2.84. The number of anilines is 2. The molecule has 0 atom stereocenters. The lowest BCUT2D eigenvalue weighted by atomic mass is 10.0. The third-order valence-corrected chi connectivity index (χ3v) is 5.98. The van der Waals surface area contributed by atoms with Crippen LogP contribution in [0.2, 0.25) is 0 Å². The van der Waals surface area contributed by atoms with Crippen LogP contribution in [0.1, 0.15) is 22.3 Å². The minimum Gasteiger partial charge on any atom is -0.457 e. The van der Waals surface area contributed by atoms with Crippen LogP contribution in [-0.2, 0) is 11.2 Å². The fourth-order valence-electron chi connectivity index (χ4n) is 4.22. The van der Waals surface area contributed by atoms with Crippen molar-refractivity contribution >= 4 is 23.2 Å². The number of hydrogen-bond acceptors (Lipinski definition) is 4. The molecule has 3 aromatic rings. The average molecular weight is 428 g/mol. The standard InChI is InChI=1S/C26H25N3O3/c30-25-12-10-19-9-11-21(18-24(19)27-25)28-13-15-29(16-14-28)26(31)20-5-4-8-23(17-20)32-22-6-2-1-3-7-22/h1-9,11,17-18H,10,12-16H2,(H,27,30). The number of nitrogens with one attached hydrogen (secondary N) is 1. The fraction of sp³-hybridized carbons (Fsp3) is 0.231. The molecule has 3 aromatic carbocycles. The minimum absolute atomic E-state index is 0.0147. The molecule has 32 heavy (non-hydrogen) atoms. The zero-order chi connectivity index (χ0) is 21.9. The van der Waals surface area contributed by atoms with Crippen LogP contribution < -0.4 is 15.0 Å². The van der Waals surface area contributed by atoms with Crippen molar-refractivity contribution in [1.82, 2.24) is 4.90 Å². The van der Waals surface area contributed by atoms with Crippen molar-refractivity contribution in [3.8, 4) is 11.5 Å². The highest BCUT2D eigenvalue weighted by Crippen LogP contribution is 2.29. The molecule has 5 rings (SSSR count). The summed E-state index contributed by atoms with van der Waals surface area (Å²) >= 11 is 0. The van der Waals surface area contributed by atoms with Gasteiger partial charge in [0.05, 0.1) is 0 Å². The van der Waals surface area contributed by atoms with E-state index in [9.17, 15) is 9.59 Å². The minimum atomic E-state index is 0.0147. The van der Waals surface area contributed by atoms with Crippen LogP contribution in [0.3, 0.4) is 0 Å². The Morgan fingerprint density at radius 2 is 1.59 bits per heavy atom. The van der Waals surface area contributed by atoms with Crippen molar-refractivity contribution in [2.24, 2.45) is 0 Å². The number of fused-ring (bicyclic) bond motifs is 1. The molecule has 0 saturated carbocycles. The molecule has 0 aromatic heterocycles. The maximum atomic E-state index is 13.1. The van der Waals surface area contributed by atoms with Gasteiger partial charge in [-0.1, -0.05) is 30.3 Å². The van der Waals surface area contributed by atoms with Gasteiger partial charge in [-0.25, -0.2) is 0 Å². The molecular formula is C26H25N3O3. The van der Waals surface area contributed by atoms with E-state index in [0.29, 0.717) is 30.8 Å². The van der Waals surface area contributed by atoms with Crippen LogP contribution in [-0.4, -0.2) is 42.9 Å². The van der Waals surface area contributed by atoms with Gasteiger partial charge in [0.2, 0.25) is 5.91 Å². The number of carbonyl (C=O) groups is 2. The molecule has 1 saturated heterocycles. The normalized spacial score (nSPS) is 15.7. The Balaban J connectivity index is 1.23. The second-order valence-electron chi connectivity index (χ2n) is 8.11. The molecule has 6 nitrogen and oxygen atoms in total. The molecule has 0 spiro atoms. The second kappa shape index (κ2) is 8.75. The van der Waals surface area contributed by atoms with E-state index in [0.717, 1.165) is 36.6 Å². The quantitative estimate of drug-likeness (QED) is 0.673. The first-order valence-corrected chi connectivity index (χ1v) is 11.0. The highest BCUT2D eigenvalue weighted by atomic mass is 16.5. The van der Waals surface area contributed by atoms with Gasteiger partial charge in [-0.3, -0.25) is 9.59 Å². The van der Waals surface area contributed by atoms with E-state index in [2.05, 4.69) is 22.3 Å². The number of ether oxygens (including phenoxy) is 1. The molecule has 162 valence electrons. The Morgan fingerprint density at radius 3 is 2.41 bits per heavy atom. The Morgan fingerprint density at radius 1 is 0.812 bits per heavy atom. The third-order valence-electron chi connectivity index (χ3n) is 5.98. The summed E-state index contributed by atoms with van der Waals surface area (Å²) in [5.74, 6) is 1.48. The SMILES string of the molecule is O=C1CCc2ccc(N3CCN(C(=O)c4cccc(Oc5ccccc5)c4)CC3)cc2N1. The highest BCUT2D eigenvalue weighted by molar-refractivity contribution is 5.95. The molecule has 0 bridgehead atoms. The van der Waals surface area contributed by atoms with E-state index in [1.807, 2.05) is 59.5 Å². The molecule has 1 fully saturated rings. The molecule has 2 amide bonds. The van der Waals surface area contributed by atoms with Gasteiger partial charge >= 0.3 is 0 Å². The van der Waals surface area contributed by atoms with Gasteiger partial charge in [0, 0.05) is 49.5 Å². The first kappa shape index (κ1) is 20.1. The summed E-state index contributed by atoms with van der Waals surface area (Å²) in [5, 5.41) is 2.97. The van der Waals surface area contributed by atoms with Crippen molar-refractivity contribution in [3.05, 3.63) is 83.9 Å². The Kier molecular flexibility index (Phi) is 5.50. The lowest BCUT2D eigenvalue weighted by Gasteiger charge is -2.36. The molecule has 1 N–H and O–H groups in total. The number of nitrogens with zero attached hydrogens (tertiary/aromatic N) is 2. The summed E-state index contributed by atoms with van der Waals surface area (Å²) in [7, 11) is 0. The third kappa shape index (κ3) is 4.30. The molecule has 2 aliphatic rings. The van der Waals surface area contributed by atoms with Crippen LogP contribution in [0.4, 0.5) is 11.4 Å². The van der Waals surface area contributed by atoms with Gasteiger partial charge in [-0.2, -0.15) is 0 Å². The highest BCUT2D eigenvalue weighted by Gasteiger charge is 2.24. The molecule has 0 aliphatic carbocycles. The van der Waals surface area contributed by atoms with E-state index >= 15 is 0 Å². The van der Waals surface area contributed by atoms with Crippen molar-refractivity contribution < 1.29 is 14.3 Å². The molecular weight excluding hydrogens is 402 g/mol. The second-order valence-corrected chi connectivity index (χ2v) is 8.11. The largest absolute Gasteiger partial charge is 0.457 e. The fourth-order valence-corrected chi connectivity index (χ4v) is 4.22. The van der Waals surface area contributed by atoms with Crippen LogP contribution in [0, 0.1) is 0 Å². The molecule has 2 aliphatic heterocycles. The Hall–Kier alpha value is -3.80. The summed E-state index contributed by atoms with van der Waals surface area (Å²) in [4.78, 5) is 28.9. The zero-order valence-electron chi connectivity index (χ0n) is 17.8. The number of aryl methyl sites for hydroxylation is 1. The van der Waals surface area contributed by atoms with Gasteiger partial charge in [0.25, 0.3) is 5.91 Å². The monoisotopic (exact) mass is 427 g/mol.